The summed E-state index contributed by atoms with van der Waals surface area (Å²) in [6, 6.07) is 2.12. The summed E-state index contributed by atoms with van der Waals surface area (Å²) in [6.07, 6.45) is 2.88. The van der Waals surface area contributed by atoms with Crippen molar-refractivity contribution in [3.05, 3.63) is 0 Å². The number of likely N-dealkylation sites (N-methyl/N-ethyl adjacent to an activating group) is 1. The molecule has 17 heavy (non-hydrogen) atoms. The molecule has 1 saturated carbocycles. The topological polar surface area (TPSA) is 18.5 Å². The third-order valence-corrected chi connectivity index (χ3v) is 4.66. The van der Waals surface area contributed by atoms with Crippen LogP contribution in [-0.4, -0.2) is 61.2 Å². The highest BCUT2D eigenvalue weighted by atomic mass is 15.3. The lowest BCUT2D eigenvalue weighted by molar-refractivity contribution is 0.0603. The summed E-state index contributed by atoms with van der Waals surface area (Å²) in [7, 11) is 2.25. The van der Waals surface area contributed by atoms with E-state index in [4.69, 9.17) is 0 Å². The first-order chi connectivity index (χ1) is 8.08. The van der Waals surface area contributed by atoms with Crippen molar-refractivity contribution in [1.29, 1.82) is 0 Å². The number of nitrogens with one attached hydrogen (secondary N) is 1. The van der Waals surface area contributed by atoms with Crippen LogP contribution >= 0.6 is 0 Å². The lowest BCUT2D eigenvalue weighted by atomic mass is 10.1. The normalized spacial score (nSPS) is 33.9. The second kappa shape index (κ2) is 5.68. The fourth-order valence-corrected chi connectivity index (χ4v) is 2.91. The molecule has 0 aromatic carbocycles. The predicted octanol–water partition coefficient (Wildman–Crippen LogP) is 1.40. The van der Waals surface area contributed by atoms with Crippen molar-refractivity contribution in [3.8, 4) is 0 Å². The minimum absolute atomic E-state index is 0.694. The summed E-state index contributed by atoms with van der Waals surface area (Å²) < 4.78 is 0. The molecule has 0 aromatic rings. The lowest BCUT2D eigenvalue weighted by Gasteiger charge is -2.42. The van der Waals surface area contributed by atoms with Gasteiger partial charge in [-0.1, -0.05) is 0 Å². The number of nitrogens with zero attached hydrogens (tertiary/aromatic N) is 2. The molecule has 0 amide bonds. The fraction of sp³-hybridized carbons (Fsp3) is 1.00. The molecule has 3 heteroatoms. The van der Waals surface area contributed by atoms with E-state index in [0.29, 0.717) is 12.1 Å². The van der Waals surface area contributed by atoms with Gasteiger partial charge in [-0.25, -0.2) is 0 Å². The highest BCUT2D eigenvalue weighted by Gasteiger charge is 2.28. The van der Waals surface area contributed by atoms with Crippen LogP contribution < -0.4 is 5.32 Å². The Balaban J connectivity index is 1.65. The molecular weight excluding hydrogens is 210 g/mol. The Morgan fingerprint density at radius 1 is 1.18 bits per heavy atom. The molecule has 2 aliphatic rings. The molecule has 0 radical (unpaired) electrons. The Hall–Kier alpha value is -0.120. The van der Waals surface area contributed by atoms with E-state index in [-0.39, 0.29) is 0 Å². The third kappa shape index (κ3) is 3.67. The van der Waals surface area contributed by atoms with E-state index in [1.54, 1.807) is 0 Å². The first kappa shape index (κ1) is 13.3. The van der Waals surface area contributed by atoms with Gasteiger partial charge in [0.25, 0.3) is 0 Å². The maximum Gasteiger partial charge on any atom is 0.0195 e. The summed E-state index contributed by atoms with van der Waals surface area (Å²) in [4.78, 5) is 5.11. The van der Waals surface area contributed by atoms with E-state index in [9.17, 15) is 0 Å². The largest absolute Gasteiger partial charge is 0.313 e. The molecule has 0 bridgehead atoms. The molecule has 2 rings (SSSR count). The van der Waals surface area contributed by atoms with E-state index < -0.39 is 0 Å². The quantitative estimate of drug-likeness (QED) is 0.782. The molecule has 100 valence electrons. The molecule has 2 fully saturated rings. The second-order valence-corrected chi connectivity index (χ2v) is 6.20. The molecule has 3 unspecified atom stereocenters. The van der Waals surface area contributed by atoms with Crippen LogP contribution in [-0.2, 0) is 0 Å². The van der Waals surface area contributed by atoms with Crippen LogP contribution in [0.15, 0.2) is 0 Å². The first-order valence-electron chi connectivity index (χ1n) is 7.25. The Bertz CT molecular complexity index is 228. The first-order valence-corrected chi connectivity index (χ1v) is 7.25. The third-order valence-electron chi connectivity index (χ3n) is 4.66. The smallest absolute Gasteiger partial charge is 0.0195 e. The van der Waals surface area contributed by atoms with Crippen LogP contribution in [0.1, 0.15) is 33.6 Å². The van der Waals surface area contributed by atoms with Gasteiger partial charge in [-0.2, -0.15) is 0 Å². The predicted molar refractivity (Wildman–Crippen MR) is 73.3 cm³/mol. The Morgan fingerprint density at radius 3 is 2.29 bits per heavy atom. The van der Waals surface area contributed by atoms with Crippen LogP contribution in [0.4, 0.5) is 0 Å². The summed E-state index contributed by atoms with van der Waals surface area (Å²) in [5, 5.41) is 3.68. The highest BCUT2D eigenvalue weighted by molar-refractivity contribution is 4.85. The van der Waals surface area contributed by atoms with E-state index in [1.165, 1.54) is 32.5 Å². The molecule has 3 nitrogen and oxygen atoms in total. The highest BCUT2D eigenvalue weighted by Crippen LogP contribution is 2.32. The zero-order valence-corrected chi connectivity index (χ0v) is 11.9. The molecular formula is C14H29N3. The standard InChI is InChI=1S/C14H29N3/c1-11-9-17(10-12(2)16(11)4)8-7-15-13(3)14-5-6-14/h11-15H,5-10H2,1-4H3. The summed E-state index contributed by atoms with van der Waals surface area (Å²) >= 11 is 0. The molecule has 1 aliphatic carbocycles. The van der Waals surface area contributed by atoms with Gasteiger partial charge in [0, 0.05) is 44.3 Å². The molecule has 1 heterocycles. The van der Waals surface area contributed by atoms with Crippen molar-refractivity contribution < 1.29 is 0 Å². The van der Waals surface area contributed by atoms with Crippen molar-refractivity contribution in [2.75, 3.05) is 33.2 Å². The van der Waals surface area contributed by atoms with Crippen LogP contribution in [0.2, 0.25) is 0 Å². The number of hydrogen-bond donors (Lipinski definition) is 1. The van der Waals surface area contributed by atoms with E-state index >= 15 is 0 Å². The second-order valence-electron chi connectivity index (χ2n) is 6.20. The molecule has 1 aliphatic heterocycles. The minimum Gasteiger partial charge on any atom is -0.313 e. The van der Waals surface area contributed by atoms with Gasteiger partial charge in [-0.15, -0.1) is 0 Å². The molecule has 0 aromatic heterocycles. The van der Waals surface area contributed by atoms with Gasteiger partial charge in [0.1, 0.15) is 0 Å². The van der Waals surface area contributed by atoms with Gasteiger partial charge in [0.15, 0.2) is 0 Å². The number of piperazine rings is 1. The van der Waals surface area contributed by atoms with Crippen LogP contribution in [0, 0.1) is 5.92 Å². The van der Waals surface area contributed by atoms with Gasteiger partial charge in [0.2, 0.25) is 0 Å². The molecule has 1 saturated heterocycles. The van der Waals surface area contributed by atoms with Crippen LogP contribution in [0.3, 0.4) is 0 Å². The number of hydrogen-bond acceptors (Lipinski definition) is 3. The van der Waals surface area contributed by atoms with E-state index in [0.717, 1.165) is 18.5 Å². The van der Waals surface area contributed by atoms with Gasteiger partial charge >= 0.3 is 0 Å². The monoisotopic (exact) mass is 239 g/mol. The average Bonchev–Trinajstić information content (AvgIpc) is 3.09. The SMILES string of the molecule is CC(NCCN1CC(C)N(C)C(C)C1)C1CC1. The maximum absolute atomic E-state index is 3.68. The molecule has 0 spiro atoms. The Morgan fingerprint density at radius 2 is 1.76 bits per heavy atom. The maximum atomic E-state index is 3.68. The van der Waals surface area contributed by atoms with E-state index in [2.05, 4.69) is 42.9 Å². The number of rotatable bonds is 5. The minimum atomic E-state index is 0.694. The Kier molecular flexibility index (Phi) is 4.45. The van der Waals surface area contributed by atoms with Gasteiger partial charge in [-0.05, 0) is 46.6 Å². The molecule has 3 atom stereocenters. The fourth-order valence-electron chi connectivity index (χ4n) is 2.91. The molecule has 1 N–H and O–H groups in total. The van der Waals surface area contributed by atoms with E-state index in [1.807, 2.05) is 0 Å². The van der Waals surface area contributed by atoms with Crippen LogP contribution in [0.5, 0.6) is 0 Å². The summed E-state index contributed by atoms with van der Waals surface area (Å²) in [5.74, 6) is 0.973. The zero-order chi connectivity index (χ0) is 12.4. The van der Waals surface area contributed by atoms with Crippen molar-refractivity contribution in [3.63, 3.8) is 0 Å². The van der Waals surface area contributed by atoms with Crippen LogP contribution in [0.25, 0.3) is 0 Å². The van der Waals surface area contributed by atoms with Gasteiger partial charge < -0.3 is 5.32 Å². The zero-order valence-electron chi connectivity index (χ0n) is 11.9. The van der Waals surface area contributed by atoms with Gasteiger partial charge in [0.05, 0.1) is 0 Å². The summed E-state index contributed by atoms with van der Waals surface area (Å²) in [5.41, 5.74) is 0. The van der Waals surface area contributed by atoms with Gasteiger partial charge in [-0.3, -0.25) is 9.80 Å². The lowest BCUT2D eigenvalue weighted by Crippen LogP contribution is -2.56. The average molecular weight is 239 g/mol. The Labute approximate surface area is 107 Å². The van der Waals surface area contributed by atoms with Crippen molar-refractivity contribution in [2.24, 2.45) is 5.92 Å². The van der Waals surface area contributed by atoms with Crippen molar-refractivity contribution >= 4 is 0 Å². The summed E-state index contributed by atoms with van der Waals surface area (Å²) in [6.45, 7) is 11.8. The van der Waals surface area contributed by atoms with Crippen molar-refractivity contribution in [2.45, 2.75) is 51.7 Å². The van der Waals surface area contributed by atoms with Crippen molar-refractivity contribution in [1.82, 2.24) is 15.1 Å².